The van der Waals surface area contributed by atoms with Crippen LogP contribution in [-0.4, -0.2) is 60.3 Å². The van der Waals surface area contributed by atoms with Crippen molar-refractivity contribution in [3.63, 3.8) is 0 Å². The molecule has 0 aromatic heterocycles. The number of nitrogens with one attached hydrogen (secondary N) is 1. The fraction of sp³-hybridized carbons (Fsp3) is 0.812. The summed E-state index contributed by atoms with van der Waals surface area (Å²) in [5.41, 5.74) is 0.314. The predicted octanol–water partition coefficient (Wildman–Crippen LogP) is 1.22. The number of nitrogens with zero attached hydrogens (tertiary/aromatic N) is 3. The largest absolute Gasteiger partial charge is 0.357 e. The Morgan fingerprint density at radius 2 is 1.95 bits per heavy atom. The number of hydrogen-bond donors (Lipinski definition) is 1. The van der Waals surface area contributed by atoms with Gasteiger partial charge in [-0.2, -0.15) is 0 Å². The van der Waals surface area contributed by atoms with Crippen molar-refractivity contribution in [1.82, 2.24) is 15.1 Å². The van der Waals surface area contributed by atoms with E-state index < -0.39 is 0 Å². The highest BCUT2D eigenvalue weighted by Gasteiger charge is 2.31. The number of piperidine rings is 1. The van der Waals surface area contributed by atoms with Crippen molar-refractivity contribution in [1.29, 1.82) is 0 Å². The van der Waals surface area contributed by atoms with Gasteiger partial charge in [0.15, 0.2) is 5.96 Å². The Balaban J connectivity index is 1.93. The minimum absolute atomic E-state index is 0.0567. The van der Waals surface area contributed by atoms with Gasteiger partial charge in [-0.1, -0.05) is 13.8 Å². The first-order valence-electron chi connectivity index (χ1n) is 8.29. The van der Waals surface area contributed by atoms with Crippen molar-refractivity contribution in [2.24, 2.45) is 10.4 Å². The third-order valence-electron chi connectivity index (χ3n) is 4.28. The number of aliphatic imine (C=N–C) groups is 1. The third-order valence-corrected chi connectivity index (χ3v) is 4.28. The number of rotatable bonds is 4. The molecule has 0 aliphatic carbocycles. The molecule has 2 amide bonds. The monoisotopic (exact) mass is 308 g/mol. The van der Waals surface area contributed by atoms with Gasteiger partial charge in [-0.15, -0.1) is 0 Å². The van der Waals surface area contributed by atoms with Crippen LogP contribution in [0.2, 0.25) is 0 Å². The molecule has 2 aliphatic heterocycles. The van der Waals surface area contributed by atoms with Crippen LogP contribution in [0, 0.1) is 5.41 Å². The Kier molecular flexibility index (Phi) is 5.42. The third kappa shape index (κ3) is 4.21. The molecule has 22 heavy (non-hydrogen) atoms. The fourth-order valence-electron chi connectivity index (χ4n) is 3.02. The Morgan fingerprint density at radius 3 is 2.50 bits per heavy atom. The molecule has 1 N–H and O–H groups in total. The molecule has 0 radical (unpaired) electrons. The van der Waals surface area contributed by atoms with E-state index in [1.165, 1.54) is 4.90 Å². The predicted molar refractivity (Wildman–Crippen MR) is 86.5 cm³/mol. The SMILES string of the molecule is CCNC(=NCCN1C(=O)CCCC1=O)N1CCC(C)(C)C1. The first-order chi connectivity index (χ1) is 10.4. The summed E-state index contributed by atoms with van der Waals surface area (Å²) in [5, 5.41) is 3.31. The zero-order chi connectivity index (χ0) is 16.2. The highest BCUT2D eigenvalue weighted by molar-refractivity contribution is 5.97. The molecule has 124 valence electrons. The van der Waals surface area contributed by atoms with Crippen molar-refractivity contribution in [2.45, 2.75) is 46.5 Å². The van der Waals surface area contributed by atoms with Crippen molar-refractivity contribution in [3.05, 3.63) is 0 Å². The van der Waals surface area contributed by atoms with E-state index in [1.807, 2.05) is 0 Å². The lowest BCUT2D eigenvalue weighted by Crippen LogP contribution is -2.43. The highest BCUT2D eigenvalue weighted by Crippen LogP contribution is 2.28. The van der Waals surface area contributed by atoms with Gasteiger partial charge >= 0.3 is 0 Å². The topological polar surface area (TPSA) is 65.0 Å². The van der Waals surface area contributed by atoms with Crippen LogP contribution < -0.4 is 5.32 Å². The Labute approximate surface area is 132 Å². The molecule has 0 bridgehead atoms. The minimum atomic E-state index is -0.0567. The van der Waals surface area contributed by atoms with Crippen LogP contribution in [0.1, 0.15) is 46.5 Å². The van der Waals surface area contributed by atoms with Crippen molar-refractivity contribution in [3.8, 4) is 0 Å². The van der Waals surface area contributed by atoms with E-state index in [9.17, 15) is 9.59 Å². The van der Waals surface area contributed by atoms with Crippen LogP contribution in [0.4, 0.5) is 0 Å². The normalized spacial score (nSPS) is 22.4. The minimum Gasteiger partial charge on any atom is -0.357 e. The zero-order valence-corrected chi connectivity index (χ0v) is 14.0. The Morgan fingerprint density at radius 1 is 1.27 bits per heavy atom. The molecule has 0 unspecified atom stereocenters. The summed E-state index contributed by atoms with van der Waals surface area (Å²) in [4.78, 5) is 31.8. The van der Waals surface area contributed by atoms with Crippen LogP contribution in [0.5, 0.6) is 0 Å². The number of hydrogen-bond acceptors (Lipinski definition) is 3. The van der Waals surface area contributed by atoms with E-state index in [4.69, 9.17) is 0 Å². The highest BCUT2D eigenvalue weighted by atomic mass is 16.2. The maximum Gasteiger partial charge on any atom is 0.229 e. The van der Waals surface area contributed by atoms with Crippen molar-refractivity contribution >= 4 is 17.8 Å². The average molecular weight is 308 g/mol. The maximum atomic E-state index is 11.8. The molecule has 2 fully saturated rings. The van der Waals surface area contributed by atoms with Gasteiger partial charge in [-0.3, -0.25) is 19.5 Å². The number of imide groups is 1. The van der Waals surface area contributed by atoms with E-state index in [-0.39, 0.29) is 11.8 Å². The summed E-state index contributed by atoms with van der Waals surface area (Å²) in [6, 6.07) is 0. The van der Waals surface area contributed by atoms with Gasteiger partial charge in [0.25, 0.3) is 0 Å². The lowest BCUT2D eigenvalue weighted by molar-refractivity contribution is -0.147. The quantitative estimate of drug-likeness (QED) is 0.482. The molecule has 0 aromatic rings. The number of carbonyl (C=O) groups is 2. The summed E-state index contributed by atoms with van der Waals surface area (Å²) < 4.78 is 0. The lowest BCUT2D eigenvalue weighted by atomic mass is 9.93. The van der Waals surface area contributed by atoms with E-state index in [1.54, 1.807) is 0 Å². The smallest absolute Gasteiger partial charge is 0.229 e. The van der Waals surface area contributed by atoms with Gasteiger partial charge in [0.2, 0.25) is 11.8 Å². The second kappa shape index (κ2) is 7.11. The second-order valence-corrected chi connectivity index (χ2v) is 6.86. The van der Waals surface area contributed by atoms with Crippen LogP contribution in [-0.2, 0) is 9.59 Å². The van der Waals surface area contributed by atoms with Crippen LogP contribution in [0.25, 0.3) is 0 Å². The van der Waals surface area contributed by atoms with Crippen molar-refractivity contribution < 1.29 is 9.59 Å². The molecule has 2 heterocycles. The van der Waals surface area contributed by atoms with E-state index in [0.717, 1.165) is 32.0 Å². The molecule has 2 saturated heterocycles. The molecule has 0 spiro atoms. The molecule has 0 atom stereocenters. The van der Waals surface area contributed by atoms with E-state index in [2.05, 4.69) is 36.0 Å². The first kappa shape index (κ1) is 16.8. The number of carbonyl (C=O) groups excluding carboxylic acids is 2. The summed E-state index contributed by atoms with van der Waals surface area (Å²) in [7, 11) is 0. The first-order valence-corrected chi connectivity index (χ1v) is 8.29. The summed E-state index contributed by atoms with van der Waals surface area (Å²) in [6.45, 7) is 10.2. The van der Waals surface area contributed by atoms with Gasteiger partial charge in [0.05, 0.1) is 6.54 Å². The average Bonchev–Trinajstić information content (AvgIpc) is 2.81. The Bertz CT molecular complexity index is 443. The standard InChI is InChI=1S/C16H28N4O2/c1-4-17-15(19-10-8-16(2,3)12-19)18-9-11-20-13(21)6-5-7-14(20)22/h4-12H2,1-3H3,(H,17,18). The summed E-state index contributed by atoms with van der Waals surface area (Å²) in [5.74, 6) is 0.780. The van der Waals surface area contributed by atoms with Crippen LogP contribution >= 0.6 is 0 Å². The van der Waals surface area contributed by atoms with Gasteiger partial charge in [-0.25, -0.2) is 0 Å². The Hall–Kier alpha value is -1.59. The van der Waals surface area contributed by atoms with Crippen molar-refractivity contribution in [2.75, 3.05) is 32.7 Å². The molecule has 0 saturated carbocycles. The molecule has 6 nitrogen and oxygen atoms in total. The van der Waals surface area contributed by atoms with E-state index >= 15 is 0 Å². The van der Waals surface area contributed by atoms with Gasteiger partial charge in [-0.05, 0) is 25.2 Å². The van der Waals surface area contributed by atoms with Crippen LogP contribution in [0.3, 0.4) is 0 Å². The maximum absolute atomic E-state index is 11.8. The second-order valence-electron chi connectivity index (χ2n) is 6.86. The fourth-order valence-corrected chi connectivity index (χ4v) is 3.02. The molecule has 2 aliphatic rings. The zero-order valence-electron chi connectivity index (χ0n) is 14.0. The number of likely N-dealkylation sites (tertiary alicyclic amines) is 2. The molecular weight excluding hydrogens is 280 g/mol. The van der Waals surface area contributed by atoms with E-state index in [0.29, 0.717) is 37.8 Å². The summed E-state index contributed by atoms with van der Waals surface area (Å²) >= 11 is 0. The van der Waals surface area contributed by atoms with Gasteiger partial charge < -0.3 is 10.2 Å². The van der Waals surface area contributed by atoms with Gasteiger partial charge in [0, 0.05) is 39.0 Å². The number of guanidine groups is 1. The van der Waals surface area contributed by atoms with Crippen LogP contribution in [0.15, 0.2) is 4.99 Å². The van der Waals surface area contributed by atoms with Gasteiger partial charge in [0.1, 0.15) is 0 Å². The molecule has 6 heteroatoms. The summed E-state index contributed by atoms with van der Waals surface area (Å²) in [6.07, 6.45) is 2.80. The number of amides is 2. The molecule has 0 aromatic carbocycles. The molecular formula is C16H28N4O2. The lowest BCUT2D eigenvalue weighted by Gasteiger charge is -2.26. The molecule has 2 rings (SSSR count).